The maximum absolute atomic E-state index is 5.80. The molecule has 0 unspecified atom stereocenters. The molecule has 0 saturated carbocycles. The van der Waals surface area contributed by atoms with E-state index in [1.807, 2.05) is 18.2 Å². The summed E-state index contributed by atoms with van der Waals surface area (Å²) in [5.41, 5.74) is 3.68. The Morgan fingerprint density at radius 1 is 0.850 bits per heavy atom. The molecule has 0 heterocycles. The van der Waals surface area contributed by atoms with E-state index >= 15 is 0 Å². The first-order chi connectivity index (χ1) is 9.92. The fourth-order valence-electron chi connectivity index (χ4n) is 2.21. The van der Waals surface area contributed by atoms with Crippen LogP contribution in [0.15, 0.2) is 78.4 Å². The number of hydrogen-bond donors (Lipinski definition) is 0. The van der Waals surface area contributed by atoms with Crippen LogP contribution in [0.1, 0.15) is 6.42 Å². The first-order valence-electron chi connectivity index (χ1n) is 6.89. The largest absolute Gasteiger partial charge is 0.489 e. The highest BCUT2D eigenvalue weighted by Crippen LogP contribution is 2.22. The van der Waals surface area contributed by atoms with Crippen molar-refractivity contribution >= 4 is 0 Å². The summed E-state index contributed by atoms with van der Waals surface area (Å²) in [6.07, 6.45) is 9.51. The third-order valence-corrected chi connectivity index (χ3v) is 3.33. The maximum Gasteiger partial charge on any atom is 0.119 e. The van der Waals surface area contributed by atoms with Crippen molar-refractivity contribution in [2.45, 2.75) is 6.42 Å². The first kappa shape index (κ1) is 12.7. The zero-order chi connectivity index (χ0) is 13.6. The molecule has 1 aliphatic carbocycles. The Balaban J connectivity index is 1.64. The minimum Gasteiger partial charge on any atom is -0.489 e. The molecule has 1 radical (unpaired) electrons. The second-order valence-electron chi connectivity index (χ2n) is 4.79. The molecule has 0 saturated heterocycles. The van der Waals surface area contributed by atoms with Gasteiger partial charge >= 0.3 is 0 Å². The normalized spacial score (nSPS) is 13.9. The fourth-order valence-corrected chi connectivity index (χ4v) is 2.21. The highest BCUT2D eigenvalue weighted by atomic mass is 16.5. The molecular formula is C19H17O. The van der Waals surface area contributed by atoms with E-state index in [1.54, 1.807) is 0 Å². The zero-order valence-corrected chi connectivity index (χ0v) is 11.3. The van der Waals surface area contributed by atoms with E-state index in [2.05, 4.69) is 61.0 Å². The number of allylic oxidation sites excluding steroid dienone is 3. The van der Waals surface area contributed by atoms with Gasteiger partial charge in [-0.05, 0) is 41.7 Å². The first-order valence-corrected chi connectivity index (χ1v) is 6.89. The molecule has 0 bridgehead atoms. The molecule has 20 heavy (non-hydrogen) atoms. The number of ether oxygens (including phenoxy) is 1. The molecule has 0 fully saturated rings. The molecule has 2 aromatic carbocycles. The van der Waals surface area contributed by atoms with E-state index in [1.165, 1.54) is 16.7 Å². The fraction of sp³-hybridized carbons (Fsp3) is 0.105. The Morgan fingerprint density at radius 3 is 2.30 bits per heavy atom. The molecule has 1 nitrogen and oxygen atoms in total. The van der Waals surface area contributed by atoms with Gasteiger partial charge in [-0.25, -0.2) is 0 Å². The summed E-state index contributed by atoms with van der Waals surface area (Å²) in [7, 11) is 0. The van der Waals surface area contributed by atoms with E-state index in [4.69, 9.17) is 4.74 Å². The van der Waals surface area contributed by atoms with Gasteiger partial charge in [-0.3, -0.25) is 0 Å². The van der Waals surface area contributed by atoms with Crippen molar-refractivity contribution in [3.05, 3.63) is 84.8 Å². The van der Waals surface area contributed by atoms with E-state index in [-0.39, 0.29) is 0 Å². The maximum atomic E-state index is 5.80. The Bertz CT molecular complexity index is 606. The van der Waals surface area contributed by atoms with Gasteiger partial charge in [-0.15, -0.1) is 0 Å². The van der Waals surface area contributed by atoms with Crippen LogP contribution in [0.4, 0.5) is 0 Å². The van der Waals surface area contributed by atoms with Crippen molar-refractivity contribution in [3.63, 3.8) is 0 Å². The van der Waals surface area contributed by atoms with Crippen LogP contribution in [-0.2, 0) is 0 Å². The molecular weight excluding hydrogens is 244 g/mol. The van der Waals surface area contributed by atoms with Crippen LogP contribution in [0.3, 0.4) is 0 Å². The summed E-state index contributed by atoms with van der Waals surface area (Å²) >= 11 is 0. The van der Waals surface area contributed by atoms with Crippen molar-refractivity contribution < 1.29 is 4.74 Å². The Hall–Kier alpha value is -2.28. The van der Waals surface area contributed by atoms with Crippen LogP contribution < -0.4 is 4.74 Å². The van der Waals surface area contributed by atoms with Crippen LogP contribution >= 0.6 is 0 Å². The SMILES string of the molecule is [CH]1CC=CC=C1COc1ccc(-c2ccccc2)cc1. The predicted octanol–water partition coefficient (Wildman–Crippen LogP) is 4.82. The van der Waals surface area contributed by atoms with Crippen molar-refractivity contribution in [1.29, 1.82) is 0 Å². The molecule has 1 heteroatoms. The van der Waals surface area contributed by atoms with Crippen LogP contribution in [0, 0.1) is 6.42 Å². The van der Waals surface area contributed by atoms with Crippen LogP contribution in [-0.4, -0.2) is 6.61 Å². The van der Waals surface area contributed by atoms with Crippen molar-refractivity contribution in [2.75, 3.05) is 6.61 Å². The summed E-state index contributed by atoms with van der Waals surface area (Å²) in [5, 5.41) is 0. The topological polar surface area (TPSA) is 9.23 Å². The lowest BCUT2D eigenvalue weighted by Gasteiger charge is -2.11. The highest BCUT2D eigenvalue weighted by molar-refractivity contribution is 5.63. The molecule has 0 amide bonds. The Labute approximate surface area is 120 Å². The molecule has 0 spiro atoms. The number of rotatable bonds is 4. The van der Waals surface area contributed by atoms with Gasteiger partial charge < -0.3 is 4.74 Å². The second-order valence-corrected chi connectivity index (χ2v) is 4.79. The van der Waals surface area contributed by atoms with Crippen molar-refractivity contribution in [3.8, 4) is 16.9 Å². The monoisotopic (exact) mass is 261 g/mol. The van der Waals surface area contributed by atoms with Gasteiger partial charge in [0.05, 0.1) is 0 Å². The zero-order valence-electron chi connectivity index (χ0n) is 11.3. The van der Waals surface area contributed by atoms with Crippen LogP contribution in [0.25, 0.3) is 11.1 Å². The van der Waals surface area contributed by atoms with Crippen molar-refractivity contribution in [2.24, 2.45) is 0 Å². The molecule has 0 atom stereocenters. The van der Waals surface area contributed by atoms with Gasteiger partial charge in [0.2, 0.25) is 0 Å². The van der Waals surface area contributed by atoms with Gasteiger partial charge in [0.25, 0.3) is 0 Å². The quantitative estimate of drug-likeness (QED) is 0.766. The highest BCUT2D eigenvalue weighted by Gasteiger charge is 2.02. The standard InChI is InChI=1S/C19H17O/c1-3-7-16(8-4-1)15-20-19-13-11-18(12-14-19)17-9-5-2-6-10-17/h1-3,5-14H,4,15H2. The minimum atomic E-state index is 0.634. The van der Waals surface area contributed by atoms with E-state index in [0.717, 1.165) is 12.2 Å². The molecule has 0 N–H and O–H groups in total. The lowest BCUT2D eigenvalue weighted by molar-refractivity contribution is 0.353. The lowest BCUT2D eigenvalue weighted by atomic mass is 10.1. The Morgan fingerprint density at radius 2 is 1.60 bits per heavy atom. The summed E-state index contributed by atoms with van der Waals surface area (Å²) in [5.74, 6) is 0.911. The van der Waals surface area contributed by atoms with Gasteiger partial charge in [0.15, 0.2) is 0 Å². The summed E-state index contributed by atoms with van der Waals surface area (Å²) in [6.45, 7) is 0.634. The molecule has 0 aliphatic heterocycles. The summed E-state index contributed by atoms with van der Waals surface area (Å²) in [4.78, 5) is 0. The molecule has 2 aromatic rings. The van der Waals surface area contributed by atoms with Crippen molar-refractivity contribution in [1.82, 2.24) is 0 Å². The smallest absolute Gasteiger partial charge is 0.119 e. The van der Waals surface area contributed by atoms with Crippen LogP contribution in [0.2, 0.25) is 0 Å². The van der Waals surface area contributed by atoms with E-state index in [9.17, 15) is 0 Å². The minimum absolute atomic E-state index is 0.634. The number of hydrogen-bond acceptors (Lipinski definition) is 1. The Kier molecular flexibility index (Phi) is 3.98. The third-order valence-electron chi connectivity index (χ3n) is 3.33. The average Bonchev–Trinajstić information content (AvgIpc) is 2.55. The van der Waals surface area contributed by atoms with Gasteiger partial charge in [0.1, 0.15) is 12.4 Å². The molecule has 3 rings (SSSR count). The summed E-state index contributed by atoms with van der Waals surface area (Å²) < 4.78 is 5.80. The predicted molar refractivity (Wildman–Crippen MR) is 83.5 cm³/mol. The lowest BCUT2D eigenvalue weighted by Crippen LogP contribution is -2.03. The molecule has 99 valence electrons. The second kappa shape index (κ2) is 6.25. The van der Waals surface area contributed by atoms with Crippen LogP contribution in [0.5, 0.6) is 5.75 Å². The van der Waals surface area contributed by atoms with Gasteiger partial charge in [-0.1, -0.05) is 60.7 Å². The number of benzene rings is 2. The average molecular weight is 261 g/mol. The molecule has 1 aliphatic rings. The van der Waals surface area contributed by atoms with E-state index in [0.29, 0.717) is 6.61 Å². The van der Waals surface area contributed by atoms with Gasteiger partial charge in [0, 0.05) is 0 Å². The third kappa shape index (κ3) is 3.18. The summed E-state index contributed by atoms with van der Waals surface area (Å²) in [6, 6.07) is 18.6. The van der Waals surface area contributed by atoms with E-state index < -0.39 is 0 Å². The molecule has 0 aromatic heterocycles. The van der Waals surface area contributed by atoms with Gasteiger partial charge in [-0.2, -0.15) is 0 Å².